The molecule has 0 amide bonds. The normalized spacial score (nSPS) is 13.8. The highest BCUT2D eigenvalue weighted by Crippen LogP contribution is 2.04. The molecule has 0 aromatic heterocycles. The number of hydrogen-bond donors (Lipinski definition) is 2. The van der Waals surface area contributed by atoms with E-state index in [9.17, 15) is 4.79 Å². The van der Waals surface area contributed by atoms with Crippen LogP contribution in [0, 0.1) is 0 Å². The van der Waals surface area contributed by atoms with Crippen LogP contribution in [0.5, 0.6) is 0 Å². The summed E-state index contributed by atoms with van der Waals surface area (Å²) in [6.07, 6.45) is 23.4. The molecule has 0 aromatic carbocycles. The minimum absolute atomic E-state index is 0.183. The van der Waals surface area contributed by atoms with Gasteiger partial charge in [0.25, 0.3) is 0 Å². The number of rotatable bonds is 15. The van der Waals surface area contributed by atoms with Crippen molar-refractivity contribution in [1.82, 2.24) is 0 Å². The van der Waals surface area contributed by atoms with Gasteiger partial charge < -0.3 is 5.11 Å². The smallest absolute Gasteiger partial charge is 0.303 e. The largest absolute Gasteiger partial charge is 0.481 e. The van der Waals surface area contributed by atoms with Crippen molar-refractivity contribution in [2.45, 2.75) is 70.8 Å². The molecule has 0 aliphatic carbocycles. The third-order valence-electron chi connectivity index (χ3n) is 3.42. The Bertz CT molecular complexity index is 408. The molecule has 136 valence electrons. The van der Waals surface area contributed by atoms with E-state index in [-0.39, 0.29) is 12.5 Å². The van der Waals surface area contributed by atoms with Gasteiger partial charge >= 0.3 is 5.97 Å². The first-order chi connectivity index (χ1) is 11.7. The lowest BCUT2D eigenvalue weighted by Gasteiger charge is -2.04. The SMILES string of the molecule is CCCCCC=CCC=CC=CC(CC=CCCCC(=O)O)OO. The fraction of sp³-hybridized carbons (Fsp3) is 0.550. The van der Waals surface area contributed by atoms with E-state index in [1.807, 2.05) is 24.3 Å². The number of carbonyl (C=O) groups is 1. The van der Waals surface area contributed by atoms with E-state index in [0.717, 1.165) is 19.3 Å². The standard InChI is InChI=1S/C20H32O4/c1-2-3-4-5-6-7-8-9-10-13-16-19(24-23)17-14-11-12-15-18-20(21)22/h6-7,9-11,13-14,16,19,23H,2-5,8,12,15,17-18H2,1H3,(H,21,22). The molecule has 4 heteroatoms. The van der Waals surface area contributed by atoms with Crippen molar-refractivity contribution < 1.29 is 20.0 Å². The fourth-order valence-electron chi connectivity index (χ4n) is 2.03. The van der Waals surface area contributed by atoms with Gasteiger partial charge in [-0.05, 0) is 38.5 Å². The Labute approximate surface area is 146 Å². The molecule has 0 aliphatic rings. The van der Waals surface area contributed by atoms with E-state index in [4.69, 9.17) is 10.4 Å². The van der Waals surface area contributed by atoms with Gasteiger partial charge in [-0.3, -0.25) is 10.1 Å². The highest BCUT2D eigenvalue weighted by molar-refractivity contribution is 5.66. The molecule has 0 bridgehead atoms. The molecule has 0 saturated heterocycles. The average Bonchev–Trinajstić information content (AvgIpc) is 2.57. The molecule has 1 unspecified atom stereocenters. The van der Waals surface area contributed by atoms with Crippen LogP contribution in [-0.4, -0.2) is 22.4 Å². The van der Waals surface area contributed by atoms with Crippen LogP contribution in [0.3, 0.4) is 0 Å². The minimum Gasteiger partial charge on any atom is -0.481 e. The van der Waals surface area contributed by atoms with Crippen LogP contribution < -0.4 is 0 Å². The summed E-state index contributed by atoms with van der Waals surface area (Å²) >= 11 is 0. The molecule has 0 rings (SSSR count). The third kappa shape index (κ3) is 16.7. The van der Waals surface area contributed by atoms with Gasteiger partial charge in [0.2, 0.25) is 0 Å². The van der Waals surface area contributed by atoms with E-state index < -0.39 is 5.97 Å². The Morgan fingerprint density at radius 2 is 1.75 bits per heavy atom. The minimum atomic E-state index is -0.773. The number of allylic oxidation sites excluding steroid dienone is 6. The second kappa shape index (κ2) is 17.7. The van der Waals surface area contributed by atoms with E-state index in [0.29, 0.717) is 12.8 Å². The first-order valence-corrected chi connectivity index (χ1v) is 8.86. The van der Waals surface area contributed by atoms with Crippen molar-refractivity contribution in [2.24, 2.45) is 0 Å². The zero-order valence-electron chi connectivity index (χ0n) is 14.8. The maximum Gasteiger partial charge on any atom is 0.303 e. The van der Waals surface area contributed by atoms with Crippen molar-refractivity contribution in [3.8, 4) is 0 Å². The van der Waals surface area contributed by atoms with Crippen molar-refractivity contribution in [2.75, 3.05) is 0 Å². The van der Waals surface area contributed by atoms with Crippen LogP contribution >= 0.6 is 0 Å². The van der Waals surface area contributed by atoms with E-state index in [1.54, 1.807) is 6.08 Å². The summed E-state index contributed by atoms with van der Waals surface area (Å²) in [6.45, 7) is 2.21. The van der Waals surface area contributed by atoms with Gasteiger partial charge in [-0.15, -0.1) is 0 Å². The predicted molar refractivity (Wildman–Crippen MR) is 98.9 cm³/mol. The van der Waals surface area contributed by atoms with Gasteiger partial charge in [0.1, 0.15) is 6.10 Å². The first kappa shape index (κ1) is 22.4. The van der Waals surface area contributed by atoms with Gasteiger partial charge in [0, 0.05) is 6.42 Å². The molecule has 0 spiro atoms. The molecular formula is C20H32O4. The lowest BCUT2D eigenvalue weighted by atomic mass is 10.1. The van der Waals surface area contributed by atoms with Crippen molar-refractivity contribution in [3.63, 3.8) is 0 Å². The van der Waals surface area contributed by atoms with Crippen LogP contribution in [-0.2, 0) is 9.68 Å². The molecule has 0 radical (unpaired) electrons. The molecule has 0 heterocycles. The van der Waals surface area contributed by atoms with Crippen LogP contribution in [0.2, 0.25) is 0 Å². The van der Waals surface area contributed by atoms with Gasteiger partial charge in [-0.25, -0.2) is 4.89 Å². The molecule has 24 heavy (non-hydrogen) atoms. The summed E-state index contributed by atoms with van der Waals surface area (Å²) < 4.78 is 0. The molecule has 4 nitrogen and oxygen atoms in total. The van der Waals surface area contributed by atoms with Crippen LogP contribution in [0.15, 0.2) is 48.6 Å². The number of aliphatic carboxylic acids is 1. The molecule has 0 saturated carbocycles. The Hall–Kier alpha value is -1.65. The molecule has 0 fully saturated rings. The first-order valence-electron chi connectivity index (χ1n) is 8.86. The second-order valence-electron chi connectivity index (χ2n) is 5.65. The second-order valence-corrected chi connectivity index (χ2v) is 5.65. The molecular weight excluding hydrogens is 304 g/mol. The van der Waals surface area contributed by atoms with Gasteiger partial charge in [0.05, 0.1) is 0 Å². The summed E-state index contributed by atoms with van der Waals surface area (Å²) in [6, 6.07) is 0. The Morgan fingerprint density at radius 3 is 2.46 bits per heavy atom. The topological polar surface area (TPSA) is 66.8 Å². The van der Waals surface area contributed by atoms with E-state index >= 15 is 0 Å². The van der Waals surface area contributed by atoms with Gasteiger partial charge in [-0.2, -0.15) is 0 Å². The number of carboxylic acid groups (broad SMARTS) is 1. The zero-order valence-corrected chi connectivity index (χ0v) is 14.8. The lowest BCUT2D eigenvalue weighted by Crippen LogP contribution is -2.04. The third-order valence-corrected chi connectivity index (χ3v) is 3.42. The summed E-state index contributed by atoms with van der Waals surface area (Å²) in [5, 5.41) is 17.4. The molecule has 0 aliphatic heterocycles. The highest BCUT2D eigenvalue weighted by Gasteiger charge is 2.00. The number of unbranched alkanes of at least 4 members (excludes halogenated alkanes) is 4. The Kier molecular flexibility index (Phi) is 16.5. The summed E-state index contributed by atoms with van der Waals surface area (Å²) in [4.78, 5) is 14.8. The van der Waals surface area contributed by atoms with E-state index in [1.165, 1.54) is 19.3 Å². The van der Waals surface area contributed by atoms with E-state index in [2.05, 4.69) is 30.0 Å². The maximum absolute atomic E-state index is 10.4. The fourth-order valence-corrected chi connectivity index (χ4v) is 2.03. The summed E-state index contributed by atoms with van der Waals surface area (Å²) in [5.41, 5.74) is 0. The monoisotopic (exact) mass is 336 g/mol. The average molecular weight is 336 g/mol. The van der Waals surface area contributed by atoms with Crippen molar-refractivity contribution >= 4 is 5.97 Å². The van der Waals surface area contributed by atoms with Crippen LogP contribution in [0.25, 0.3) is 0 Å². The van der Waals surface area contributed by atoms with Crippen LogP contribution in [0.1, 0.15) is 64.7 Å². The number of hydrogen-bond acceptors (Lipinski definition) is 3. The highest BCUT2D eigenvalue weighted by atomic mass is 17.1. The van der Waals surface area contributed by atoms with Gasteiger partial charge in [0.15, 0.2) is 0 Å². The molecule has 1 atom stereocenters. The van der Waals surface area contributed by atoms with Crippen molar-refractivity contribution in [3.05, 3.63) is 48.6 Å². The molecule has 0 aromatic rings. The summed E-state index contributed by atoms with van der Waals surface area (Å²) in [5.74, 6) is -0.773. The summed E-state index contributed by atoms with van der Waals surface area (Å²) in [7, 11) is 0. The Morgan fingerprint density at radius 1 is 1.00 bits per heavy atom. The number of carboxylic acids is 1. The Balaban J connectivity index is 3.81. The zero-order chi connectivity index (χ0) is 17.9. The predicted octanol–water partition coefficient (Wildman–Crippen LogP) is 5.68. The van der Waals surface area contributed by atoms with Gasteiger partial charge in [-0.1, -0.05) is 68.4 Å². The van der Waals surface area contributed by atoms with Crippen LogP contribution in [0.4, 0.5) is 0 Å². The van der Waals surface area contributed by atoms with Crippen molar-refractivity contribution in [1.29, 1.82) is 0 Å². The quantitative estimate of drug-likeness (QED) is 0.133. The molecule has 2 N–H and O–H groups in total. The maximum atomic E-state index is 10.4. The lowest BCUT2D eigenvalue weighted by molar-refractivity contribution is -0.264.